The summed E-state index contributed by atoms with van der Waals surface area (Å²) in [6.07, 6.45) is 0. The lowest BCUT2D eigenvalue weighted by molar-refractivity contribution is -0.150. The minimum atomic E-state index is -1.12. The molecule has 0 heterocycles. The first-order valence-corrected chi connectivity index (χ1v) is 7.21. The zero-order valence-corrected chi connectivity index (χ0v) is 14.4. The molecule has 0 radical (unpaired) electrons. The molecule has 1 rings (SSSR count). The number of nitrogens with one attached hydrogen (secondary N) is 1. The fourth-order valence-corrected chi connectivity index (χ4v) is 2.01. The molecular weight excluding hydrogens is 338 g/mol. The van der Waals surface area contributed by atoms with Gasteiger partial charge in [-0.1, -0.05) is 0 Å². The smallest absolute Gasteiger partial charge is 0.311 e. The van der Waals surface area contributed by atoms with Gasteiger partial charge >= 0.3 is 5.97 Å². The van der Waals surface area contributed by atoms with Crippen LogP contribution in [-0.4, -0.2) is 29.6 Å². The summed E-state index contributed by atoms with van der Waals surface area (Å²) in [7, 11) is 1.52. The third-order valence-corrected chi connectivity index (χ3v) is 4.63. The van der Waals surface area contributed by atoms with Crippen LogP contribution in [0.1, 0.15) is 38.1 Å². The second-order valence-corrected chi connectivity index (χ2v) is 6.71. The van der Waals surface area contributed by atoms with Gasteiger partial charge in [0.1, 0.15) is 5.75 Å². The van der Waals surface area contributed by atoms with Gasteiger partial charge in [0, 0.05) is 4.47 Å². The molecule has 0 aliphatic heterocycles. The molecule has 6 heteroatoms. The molecule has 1 amide bonds. The minimum absolute atomic E-state index is 0.361. The Morgan fingerprint density at radius 2 is 1.81 bits per heavy atom. The standard InChI is InChI=1S/C15H20BrNO4/c1-14(2,13(19)20)15(3,4)17-12(18)10-8-9(21-5)6-7-11(10)16/h6-8H,1-5H3,(H,17,18)(H,19,20). The first kappa shape index (κ1) is 17.5. The van der Waals surface area contributed by atoms with Crippen molar-refractivity contribution in [1.29, 1.82) is 0 Å². The summed E-state index contributed by atoms with van der Waals surface area (Å²) in [5.41, 5.74) is -1.66. The highest BCUT2D eigenvalue weighted by molar-refractivity contribution is 9.10. The summed E-state index contributed by atoms with van der Waals surface area (Å²) >= 11 is 3.31. The molecule has 0 aromatic heterocycles. The molecule has 1 aromatic rings. The Morgan fingerprint density at radius 3 is 2.29 bits per heavy atom. The van der Waals surface area contributed by atoms with E-state index in [1.54, 1.807) is 45.9 Å². The highest BCUT2D eigenvalue weighted by atomic mass is 79.9. The molecule has 116 valence electrons. The van der Waals surface area contributed by atoms with E-state index >= 15 is 0 Å². The van der Waals surface area contributed by atoms with E-state index in [9.17, 15) is 14.7 Å². The number of carboxylic acids is 1. The predicted molar refractivity (Wildman–Crippen MR) is 83.7 cm³/mol. The normalized spacial score (nSPS) is 11.9. The van der Waals surface area contributed by atoms with Crippen LogP contribution in [0.5, 0.6) is 5.75 Å². The summed E-state index contributed by atoms with van der Waals surface area (Å²) in [5, 5.41) is 12.1. The Kier molecular flexibility index (Phi) is 5.04. The fourth-order valence-electron chi connectivity index (χ4n) is 1.58. The molecular formula is C15H20BrNO4. The number of methoxy groups -OCH3 is 1. The second kappa shape index (κ2) is 6.05. The molecule has 21 heavy (non-hydrogen) atoms. The molecule has 0 atom stereocenters. The zero-order chi connectivity index (χ0) is 16.4. The number of ether oxygens (including phenoxy) is 1. The van der Waals surface area contributed by atoms with Gasteiger partial charge in [-0.25, -0.2) is 0 Å². The van der Waals surface area contributed by atoms with Gasteiger partial charge in [0.25, 0.3) is 5.91 Å². The lowest BCUT2D eigenvalue weighted by atomic mass is 9.74. The molecule has 0 aliphatic rings. The van der Waals surface area contributed by atoms with Crippen LogP contribution in [0.25, 0.3) is 0 Å². The Balaban J connectivity index is 3.08. The molecule has 0 fully saturated rings. The number of hydrogen-bond acceptors (Lipinski definition) is 3. The summed E-state index contributed by atoms with van der Waals surface area (Å²) in [4.78, 5) is 23.8. The molecule has 0 unspecified atom stereocenters. The van der Waals surface area contributed by atoms with Gasteiger partial charge in [-0.05, 0) is 61.8 Å². The molecule has 2 N–H and O–H groups in total. The highest BCUT2D eigenvalue weighted by Gasteiger charge is 2.44. The summed E-state index contributed by atoms with van der Waals surface area (Å²) in [5.74, 6) is -0.781. The monoisotopic (exact) mass is 357 g/mol. The van der Waals surface area contributed by atoms with E-state index in [-0.39, 0.29) is 5.91 Å². The van der Waals surface area contributed by atoms with Crippen molar-refractivity contribution in [3.63, 3.8) is 0 Å². The highest BCUT2D eigenvalue weighted by Crippen LogP contribution is 2.32. The zero-order valence-electron chi connectivity index (χ0n) is 12.8. The van der Waals surface area contributed by atoms with E-state index < -0.39 is 16.9 Å². The minimum Gasteiger partial charge on any atom is -0.497 e. The Labute approximate surface area is 132 Å². The molecule has 0 saturated heterocycles. The number of benzene rings is 1. The third kappa shape index (κ3) is 3.56. The quantitative estimate of drug-likeness (QED) is 0.848. The van der Waals surface area contributed by atoms with E-state index in [4.69, 9.17) is 4.74 Å². The van der Waals surface area contributed by atoms with Crippen molar-refractivity contribution in [3.8, 4) is 5.75 Å². The van der Waals surface area contributed by atoms with E-state index in [1.165, 1.54) is 7.11 Å². The Bertz CT molecular complexity index is 567. The van der Waals surface area contributed by atoms with Crippen molar-refractivity contribution in [3.05, 3.63) is 28.2 Å². The van der Waals surface area contributed by atoms with Crippen molar-refractivity contribution >= 4 is 27.8 Å². The van der Waals surface area contributed by atoms with Crippen LogP contribution in [0.15, 0.2) is 22.7 Å². The summed E-state index contributed by atoms with van der Waals surface area (Å²) < 4.78 is 5.72. The first-order chi connectivity index (χ1) is 9.52. The largest absolute Gasteiger partial charge is 0.497 e. The Hall–Kier alpha value is -1.56. The van der Waals surface area contributed by atoms with E-state index in [0.29, 0.717) is 15.8 Å². The van der Waals surface area contributed by atoms with Gasteiger partial charge in [-0.3, -0.25) is 9.59 Å². The number of carbonyl (C=O) groups is 2. The van der Waals surface area contributed by atoms with Crippen molar-refractivity contribution < 1.29 is 19.4 Å². The van der Waals surface area contributed by atoms with Gasteiger partial charge in [-0.2, -0.15) is 0 Å². The topological polar surface area (TPSA) is 75.6 Å². The van der Waals surface area contributed by atoms with Crippen LogP contribution >= 0.6 is 15.9 Å². The number of hydrogen-bond donors (Lipinski definition) is 2. The fraction of sp³-hybridized carbons (Fsp3) is 0.467. The molecule has 0 bridgehead atoms. The van der Waals surface area contributed by atoms with Crippen LogP contribution in [0.3, 0.4) is 0 Å². The molecule has 0 spiro atoms. The maximum atomic E-state index is 12.4. The number of amides is 1. The summed E-state index contributed by atoms with van der Waals surface area (Å²) in [6, 6.07) is 5.04. The average molecular weight is 358 g/mol. The molecule has 1 aromatic carbocycles. The van der Waals surface area contributed by atoms with Crippen LogP contribution in [0.4, 0.5) is 0 Å². The number of halogens is 1. The molecule has 0 aliphatic carbocycles. The van der Waals surface area contributed by atoms with Gasteiger partial charge in [0.15, 0.2) is 0 Å². The SMILES string of the molecule is COc1ccc(Br)c(C(=O)NC(C)(C)C(C)(C)C(=O)O)c1. The van der Waals surface area contributed by atoms with Crippen molar-refractivity contribution in [1.82, 2.24) is 5.32 Å². The molecule has 5 nitrogen and oxygen atoms in total. The van der Waals surface area contributed by atoms with Crippen LogP contribution in [0, 0.1) is 5.41 Å². The Morgan fingerprint density at radius 1 is 1.24 bits per heavy atom. The van der Waals surface area contributed by atoms with E-state index in [1.807, 2.05) is 0 Å². The molecule has 0 saturated carbocycles. The number of rotatable bonds is 5. The van der Waals surface area contributed by atoms with E-state index in [0.717, 1.165) is 0 Å². The van der Waals surface area contributed by atoms with Crippen molar-refractivity contribution in [2.45, 2.75) is 33.2 Å². The first-order valence-electron chi connectivity index (χ1n) is 6.42. The van der Waals surface area contributed by atoms with E-state index in [2.05, 4.69) is 21.2 Å². The maximum Gasteiger partial charge on any atom is 0.311 e. The van der Waals surface area contributed by atoms with Gasteiger partial charge in [0.05, 0.1) is 23.6 Å². The number of carbonyl (C=O) groups excluding carboxylic acids is 1. The second-order valence-electron chi connectivity index (χ2n) is 5.86. The predicted octanol–water partition coefficient (Wildman–Crippen LogP) is 3.08. The number of aliphatic carboxylic acids is 1. The maximum absolute atomic E-state index is 12.4. The van der Waals surface area contributed by atoms with Gasteiger partial charge < -0.3 is 15.2 Å². The van der Waals surface area contributed by atoms with Crippen LogP contribution < -0.4 is 10.1 Å². The van der Waals surface area contributed by atoms with Gasteiger partial charge in [0.2, 0.25) is 0 Å². The van der Waals surface area contributed by atoms with Gasteiger partial charge in [-0.15, -0.1) is 0 Å². The lowest BCUT2D eigenvalue weighted by Crippen LogP contribution is -2.57. The van der Waals surface area contributed by atoms with Crippen molar-refractivity contribution in [2.75, 3.05) is 7.11 Å². The van der Waals surface area contributed by atoms with Crippen LogP contribution in [-0.2, 0) is 4.79 Å². The van der Waals surface area contributed by atoms with Crippen LogP contribution in [0.2, 0.25) is 0 Å². The third-order valence-electron chi connectivity index (χ3n) is 3.94. The lowest BCUT2D eigenvalue weighted by Gasteiger charge is -2.38. The summed E-state index contributed by atoms with van der Waals surface area (Å²) in [6.45, 7) is 6.53. The average Bonchev–Trinajstić information content (AvgIpc) is 2.38. The number of carboxylic acid groups (broad SMARTS) is 1. The van der Waals surface area contributed by atoms with Crippen molar-refractivity contribution in [2.24, 2.45) is 5.41 Å².